The summed E-state index contributed by atoms with van der Waals surface area (Å²) in [5, 5.41) is 3.08. The van der Waals surface area contributed by atoms with Crippen LogP contribution in [0.4, 0.5) is 13.2 Å². The zero-order chi connectivity index (χ0) is 13.8. The lowest BCUT2D eigenvalue weighted by atomic mass is 9.98. The first-order valence-corrected chi connectivity index (χ1v) is 6.19. The second-order valence-electron chi connectivity index (χ2n) is 4.63. The standard InChI is InChI=1S/C12H10ClF3N2O.ClH/c13-6-3-7-9-5-17-1-2-18(9)11(19)10(7)8(4-6)12(14,15)16;/h3-4,9,17H,1-2,5H2;1H/t9-;/m1./s1. The molecule has 1 amide bonds. The third kappa shape index (κ3) is 2.25. The van der Waals surface area contributed by atoms with Gasteiger partial charge in [0, 0.05) is 24.7 Å². The van der Waals surface area contributed by atoms with Crippen LogP contribution in [0, 0.1) is 0 Å². The molecule has 1 atom stereocenters. The Balaban J connectivity index is 0.00000147. The molecule has 1 fully saturated rings. The molecule has 8 heteroatoms. The van der Waals surface area contributed by atoms with E-state index in [0.717, 1.165) is 6.07 Å². The van der Waals surface area contributed by atoms with Gasteiger partial charge in [-0.3, -0.25) is 4.79 Å². The first kappa shape index (κ1) is 15.4. The van der Waals surface area contributed by atoms with Gasteiger partial charge in [-0.25, -0.2) is 0 Å². The van der Waals surface area contributed by atoms with Gasteiger partial charge in [-0.1, -0.05) is 11.6 Å². The molecule has 0 saturated carbocycles. The number of hydrogen-bond donors (Lipinski definition) is 1. The van der Waals surface area contributed by atoms with Crippen LogP contribution in [0.5, 0.6) is 0 Å². The van der Waals surface area contributed by atoms with Crippen molar-refractivity contribution >= 4 is 29.9 Å². The van der Waals surface area contributed by atoms with E-state index in [4.69, 9.17) is 11.6 Å². The summed E-state index contributed by atoms with van der Waals surface area (Å²) in [5.74, 6) is -0.550. The van der Waals surface area contributed by atoms with Crippen LogP contribution in [-0.4, -0.2) is 30.4 Å². The monoisotopic (exact) mass is 326 g/mol. The maximum absolute atomic E-state index is 13.0. The van der Waals surface area contributed by atoms with Crippen molar-refractivity contribution in [2.45, 2.75) is 12.2 Å². The van der Waals surface area contributed by atoms with Crippen molar-refractivity contribution in [2.24, 2.45) is 0 Å². The Kier molecular flexibility index (Phi) is 3.92. The third-order valence-corrected chi connectivity index (χ3v) is 3.73. The summed E-state index contributed by atoms with van der Waals surface area (Å²) in [6.07, 6.45) is -4.58. The number of fused-ring (bicyclic) bond motifs is 3. The van der Waals surface area contributed by atoms with Crippen molar-refractivity contribution < 1.29 is 18.0 Å². The van der Waals surface area contributed by atoms with Gasteiger partial charge in [0.05, 0.1) is 17.2 Å². The van der Waals surface area contributed by atoms with Gasteiger partial charge in [0.15, 0.2) is 0 Å². The Hall–Kier alpha value is -0.980. The number of nitrogens with zero attached hydrogens (tertiary/aromatic N) is 1. The summed E-state index contributed by atoms with van der Waals surface area (Å²) < 4.78 is 39.1. The lowest BCUT2D eigenvalue weighted by Crippen LogP contribution is -2.44. The van der Waals surface area contributed by atoms with Crippen LogP contribution in [0.25, 0.3) is 0 Å². The fraction of sp³-hybridized carbons (Fsp3) is 0.417. The van der Waals surface area contributed by atoms with E-state index < -0.39 is 17.6 Å². The number of hydrogen-bond acceptors (Lipinski definition) is 2. The lowest BCUT2D eigenvalue weighted by molar-refractivity contribution is -0.137. The number of amides is 1. The highest BCUT2D eigenvalue weighted by Gasteiger charge is 2.45. The van der Waals surface area contributed by atoms with Crippen molar-refractivity contribution in [1.82, 2.24) is 10.2 Å². The minimum atomic E-state index is -4.58. The first-order chi connectivity index (χ1) is 8.89. The fourth-order valence-electron chi connectivity index (χ4n) is 2.72. The van der Waals surface area contributed by atoms with Gasteiger partial charge >= 0.3 is 6.18 Å². The predicted molar refractivity (Wildman–Crippen MR) is 70.3 cm³/mol. The molecule has 0 radical (unpaired) electrons. The van der Waals surface area contributed by atoms with E-state index in [-0.39, 0.29) is 29.0 Å². The number of carbonyl (C=O) groups is 1. The van der Waals surface area contributed by atoms with Gasteiger partial charge in [-0.2, -0.15) is 13.2 Å². The zero-order valence-electron chi connectivity index (χ0n) is 10.1. The van der Waals surface area contributed by atoms with Crippen LogP contribution < -0.4 is 5.32 Å². The van der Waals surface area contributed by atoms with E-state index in [0.29, 0.717) is 25.2 Å². The van der Waals surface area contributed by atoms with Gasteiger partial charge in [0.2, 0.25) is 0 Å². The number of benzene rings is 1. The number of alkyl halides is 3. The minimum absolute atomic E-state index is 0. The van der Waals surface area contributed by atoms with Crippen molar-refractivity contribution in [1.29, 1.82) is 0 Å². The van der Waals surface area contributed by atoms with E-state index in [1.807, 2.05) is 0 Å². The normalized spacial score (nSPS) is 21.3. The molecule has 20 heavy (non-hydrogen) atoms. The van der Waals surface area contributed by atoms with Crippen LogP contribution in [0.2, 0.25) is 5.02 Å². The summed E-state index contributed by atoms with van der Waals surface area (Å²) in [6.45, 7) is 1.45. The highest BCUT2D eigenvalue weighted by molar-refractivity contribution is 6.31. The maximum atomic E-state index is 13.0. The summed E-state index contributed by atoms with van der Waals surface area (Å²) in [6, 6.07) is 1.93. The first-order valence-electron chi connectivity index (χ1n) is 5.82. The van der Waals surface area contributed by atoms with Gasteiger partial charge in [-0.15, -0.1) is 12.4 Å². The smallest absolute Gasteiger partial charge is 0.329 e. The SMILES string of the molecule is Cl.O=C1c2c(cc(Cl)cc2C(F)(F)F)[C@H]2CNCCN12. The van der Waals surface area contributed by atoms with E-state index >= 15 is 0 Å². The van der Waals surface area contributed by atoms with Gasteiger partial charge < -0.3 is 10.2 Å². The second-order valence-corrected chi connectivity index (χ2v) is 5.07. The average Bonchev–Trinajstić information content (AvgIpc) is 2.62. The third-order valence-electron chi connectivity index (χ3n) is 3.52. The molecule has 0 aromatic heterocycles. The molecular formula is C12H11Cl2F3N2O. The Labute approximate surface area is 124 Å². The molecule has 1 saturated heterocycles. The summed E-state index contributed by atoms with van der Waals surface area (Å²) in [7, 11) is 0. The molecule has 0 unspecified atom stereocenters. The largest absolute Gasteiger partial charge is 0.417 e. The van der Waals surface area contributed by atoms with E-state index in [2.05, 4.69) is 5.32 Å². The Bertz CT molecular complexity index is 562. The number of nitrogens with one attached hydrogen (secondary N) is 1. The fourth-order valence-corrected chi connectivity index (χ4v) is 2.95. The van der Waals surface area contributed by atoms with Crippen LogP contribution in [0.1, 0.15) is 27.5 Å². The van der Waals surface area contributed by atoms with Crippen molar-refractivity contribution in [2.75, 3.05) is 19.6 Å². The van der Waals surface area contributed by atoms with Crippen LogP contribution in [-0.2, 0) is 6.18 Å². The molecule has 3 rings (SSSR count). The minimum Gasteiger partial charge on any atom is -0.329 e. The van der Waals surface area contributed by atoms with E-state index in [1.54, 1.807) is 0 Å². The molecule has 1 N–H and O–H groups in total. The van der Waals surface area contributed by atoms with Gasteiger partial charge in [0.25, 0.3) is 5.91 Å². The van der Waals surface area contributed by atoms with Crippen molar-refractivity contribution in [3.05, 3.63) is 33.8 Å². The Morgan fingerprint density at radius 1 is 1.35 bits per heavy atom. The van der Waals surface area contributed by atoms with Crippen molar-refractivity contribution in [3.63, 3.8) is 0 Å². The molecule has 110 valence electrons. The van der Waals surface area contributed by atoms with E-state index in [9.17, 15) is 18.0 Å². The molecule has 0 bridgehead atoms. The Morgan fingerprint density at radius 2 is 2.05 bits per heavy atom. The molecule has 1 aromatic carbocycles. The lowest BCUT2D eigenvalue weighted by Gasteiger charge is -2.30. The van der Waals surface area contributed by atoms with Crippen LogP contribution in [0.3, 0.4) is 0 Å². The topological polar surface area (TPSA) is 32.3 Å². The molecule has 3 nitrogen and oxygen atoms in total. The molecular weight excluding hydrogens is 316 g/mol. The summed E-state index contributed by atoms with van der Waals surface area (Å²) >= 11 is 5.76. The molecule has 1 aromatic rings. The summed E-state index contributed by atoms with van der Waals surface area (Å²) in [4.78, 5) is 13.6. The van der Waals surface area contributed by atoms with Gasteiger partial charge in [-0.05, 0) is 17.7 Å². The number of carbonyl (C=O) groups excluding carboxylic acids is 1. The zero-order valence-corrected chi connectivity index (χ0v) is 11.7. The number of rotatable bonds is 0. The molecule has 2 aliphatic heterocycles. The van der Waals surface area contributed by atoms with Crippen molar-refractivity contribution in [3.8, 4) is 0 Å². The van der Waals surface area contributed by atoms with Crippen LogP contribution in [0.15, 0.2) is 12.1 Å². The molecule has 2 aliphatic rings. The second kappa shape index (κ2) is 5.09. The quantitative estimate of drug-likeness (QED) is 0.795. The highest BCUT2D eigenvalue weighted by Crippen LogP contribution is 2.43. The molecule has 0 aliphatic carbocycles. The van der Waals surface area contributed by atoms with Gasteiger partial charge in [0.1, 0.15) is 0 Å². The highest BCUT2D eigenvalue weighted by atomic mass is 35.5. The number of piperazine rings is 1. The number of halogens is 5. The Morgan fingerprint density at radius 3 is 2.70 bits per heavy atom. The average molecular weight is 327 g/mol. The van der Waals surface area contributed by atoms with Crippen LogP contribution >= 0.6 is 24.0 Å². The molecule has 2 heterocycles. The molecule has 0 spiro atoms. The predicted octanol–water partition coefficient (Wildman–Crippen LogP) is 2.88. The summed E-state index contributed by atoms with van der Waals surface area (Å²) in [5.41, 5.74) is -0.808. The van der Waals surface area contributed by atoms with E-state index in [1.165, 1.54) is 11.0 Å². The maximum Gasteiger partial charge on any atom is 0.417 e.